The molecule has 0 aliphatic heterocycles. The molecule has 0 radical (unpaired) electrons. The zero-order valence-electron chi connectivity index (χ0n) is 74.7. The number of halogens is 6. The molecule has 4 heterocycles. The summed E-state index contributed by atoms with van der Waals surface area (Å²) in [5.41, 5.74) is 27.7. The van der Waals surface area contributed by atoms with Crippen molar-refractivity contribution in [2.24, 2.45) is 0 Å². The van der Waals surface area contributed by atoms with Gasteiger partial charge in [0.05, 0.1) is 79.8 Å². The molecule has 20 aromatic carbocycles. The quantitative estimate of drug-likeness (QED) is 0.0767. The van der Waals surface area contributed by atoms with Crippen LogP contribution < -0.4 is 0 Å². The Hall–Kier alpha value is -17.8. The minimum Gasteiger partial charge on any atom is -0.309 e. The Morgan fingerprint density at radius 3 is 0.725 bits per heavy atom. The molecule has 0 saturated carbocycles. The van der Waals surface area contributed by atoms with E-state index < -0.39 is 23.5 Å². The van der Waals surface area contributed by atoms with Crippen molar-refractivity contribution >= 4 is 98.6 Å². The third-order valence-electron chi connectivity index (χ3n) is 27.0. The van der Waals surface area contributed by atoms with Crippen molar-refractivity contribution in [3.05, 3.63) is 494 Å². The van der Waals surface area contributed by atoms with Gasteiger partial charge >= 0.3 is 12.4 Å². The fourth-order valence-corrected chi connectivity index (χ4v) is 20.7. The molecule has 138 heavy (non-hydrogen) atoms. The van der Waals surface area contributed by atoms with Gasteiger partial charge in [0, 0.05) is 54.5 Å². The maximum Gasteiger partial charge on any atom is 0.417 e. The summed E-state index contributed by atoms with van der Waals surface area (Å²) in [6, 6.07) is 149. The van der Waals surface area contributed by atoms with Gasteiger partial charge in [-0.2, -0.15) is 26.3 Å². The van der Waals surface area contributed by atoms with Crippen molar-refractivity contribution in [3.63, 3.8) is 0 Å². The van der Waals surface area contributed by atoms with Gasteiger partial charge in [-0.05, 0) is 282 Å². The first-order chi connectivity index (χ1) is 67.5. The van der Waals surface area contributed by atoms with Crippen molar-refractivity contribution in [2.75, 3.05) is 0 Å². The van der Waals surface area contributed by atoms with Crippen LogP contribution in [-0.2, 0) is 12.4 Å². The van der Waals surface area contributed by atoms with Crippen molar-refractivity contribution in [1.82, 2.24) is 18.3 Å². The Morgan fingerprint density at radius 2 is 0.442 bits per heavy atom. The lowest BCUT2D eigenvalue weighted by atomic mass is 9.91. The number of rotatable bonds is 14. The lowest BCUT2D eigenvalue weighted by Crippen LogP contribution is -2.08. The smallest absolute Gasteiger partial charge is 0.309 e. The Labute approximate surface area is 792 Å². The van der Waals surface area contributed by atoms with Crippen molar-refractivity contribution in [1.29, 1.82) is 0 Å². The van der Waals surface area contributed by atoms with Crippen LogP contribution in [0.3, 0.4) is 0 Å². The largest absolute Gasteiger partial charge is 0.417 e. The molecule has 0 saturated heterocycles. The second kappa shape index (κ2) is 34.3. The highest BCUT2D eigenvalue weighted by Gasteiger charge is 2.37. The molecule has 656 valence electrons. The van der Waals surface area contributed by atoms with Gasteiger partial charge in [0.2, 0.25) is 0 Å². The van der Waals surface area contributed by atoms with E-state index in [1.807, 2.05) is 194 Å². The molecule has 0 bridgehead atoms. The lowest BCUT2D eigenvalue weighted by molar-refractivity contribution is -0.137. The maximum atomic E-state index is 15.1. The highest BCUT2D eigenvalue weighted by Crippen LogP contribution is 2.51. The summed E-state index contributed by atoms with van der Waals surface area (Å²) in [7, 11) is 0. The van der Waals surface area contributed by atoms with Crippen molar-refractivity contribution in [2.45, 2.75) is 26.2 Å². The van der Waals surface area contributed by atoms with Crippen molar-refractivity contribution < 1.29 is 26.3 Å². The maximum absolute atomic E-state index is 15.1. The Bertz CT molecular complexity index is 8870. The molecule has 0 aliphatic carbocycles. The number of hydrogen-bond donors (Lipinski definition) is 0. The van der Waals surface area contributed by atoms with Crippen LogP contribution in [0.5, 0.6) is 0 Å². The van der Waals surface area contributed by atoms with Crippen LogP contribution in [0, 0.1) is 27.0 Å². The number of hydrogen-bond acceptors (Lipinski definition) is 0. The molecule has 0 atom stereocenters. The minimum absolute atomic E-state index is 0.103. The average molecular weight is 1790 g/mol. The first-order valence-electron chi connectivity index (χ1n) is 45.7. The molecule has 24 aromatic rings. The Morgan fingerprint density at radius 1 is 0.196 bits per heavy atom. The highest BCUT2D eigenvalue weighted by atomic mass is 19.4. The molecule has 0 spiro atoms. The number of aromatic nitrogens is 4. The topological polar surface area (TPSA) is 28.4 Å². The van der Waals surface area contributed by atoms with Gasteiger partial charge in [0.25, 0.3) is 0 Å². The molecule has 6 nitrogen and oxygen atoms in total. The van der Waals surface area contributed by atoms with Gasteiger partial charge in [-0.25, -0.2) is 9.69 Å². The van der Waals surface area contributed by atoms with Gasteiger partial charge in [-0.1, -0.05) is 303 Å². The van der Waals surface area contributed by atoms with E-state index in [1.54, 1.807) is 38.1 Å². The summed E-state index contributed by atoms with van der Waals surface area (Å²) in [5.74, 6) is 0. The van der Waals surface area contributed by atoms with Gasteiger partial charge in [-0.15, -0.1) is 0 Å². The van der Waals surface area contributed by atoms with Crippen LogP contribution in [0.15, 0.2) is 449 Å². The Balaban J connectivity index is 0.000000157. The Kier molecular flexibility index (Phi) is 21.0. The summed E-state index contributed by atoms with van der Waals surface area (Å²) in [4.78, 5) is 8.21. The molecular weight excluding hydrogens is 1710 g/mol. The third-order valence-corrected chi connectivity index (χ3v) is 27.0. The minimum atomic E-state index is -4.61. The second-order valence-corrected chi connectivity index (χ2v) is 35.0. The zero-order chi connectivity index (χ0) is 93.6. The number of alkyl halides is 6. The molecule has 0 amide bonds. The van der Waals surface area contributed by atoms with Gasteiger partial charge < -0.3 is 18.3 Å². The van der Waals surface area contributed by atoms with E-state index in [1.165, 1.54) is 12.1 Å². The summed E-state index contributed by atoms with van der Waals surface area (Å²) in [6.07, 6.45) is -9.19. The predicted octanol–water partition coefficient (Wildman–Crippen LogP) is 36.2. The molecule has 0 N–H and O–H groups in total. The fraction of sp³-hybridized carbons (Fsp3) is 0.0317. The van der Waals surface area contributed by atoms with E-state index in [0.29, 0.717) is 55.9 Å². The molecule has 0 fully saturated rings. The summed E-state index contributed by atoms with van der Waals surface area (Å²) in [6.45, 7) is 20.6. The van der Waals surface area contributed by atoms with Gasteiger partial charge in [-0.3, -0.25) is 0 Å². The number of aryl methyl sites for hydroxylation is 2. The standard InChI is InChI=1S/C69H44F3N3.C57H36F3N3/c1-44-16-15-25-61(69(70,71)72)68(44)53-30-37-65(75-66-35-28-51(47-21-11-5-12-22-47)40-59(66)60-41-52(29-36-67(60)75)48-23-13-6-14-24-48)56(42-53)55-43-54(31-32-62(55)73-2)74-63-33-26-49(45-17-7-3-8-18-45)38-57(63)58-39-50(27-34-64(58)74)46-19-9-4-10-20-46;1-36-14-13-21-49(57(58,59)60)56(36)41-26-31-55(63-52-23-12-10-20-44(52)47-33-40(25-30-54(47)63)38-17-7-4-8-18-38)48(34-41)45-35-42(27-28-50(45)61-2)62-51-22-11-9-19-43(51)46-32-39(24-29-53(46)62)37-15-5-3-6-16-37/h3-43H,1H3;3-35H,1H3. The van der Waals surface area contributed by atoms with Gasteiger partial charge in [0.15, 0.2) is 11.4 Å². The van der Waals surface area contributed by atoms with Crippen LogP contribution in [0.1, 0.15) is 22.3 Å². The monoisotopic (exact) mass is 1790 g/mol. The number of benzene rings is 20. The fourth-order valence-electron chi connectivity index (χ4n) is 20.7. The first-order valence-corrected chi connectivity index (χ1v) is 45.7. The lowest BCUT2D eigenvalue weighted by Gasteiger charge is -2.20. The predicted molar refractivity (Wildman–Crippen MR) is 557 cm³/mol. The van der Waals surface area contributed by atoms with Crippen LogP contribution >= 0.6 is 0 Å². The SMILES string of the molecule is [C-]#[N+]c1ccc(-n2c3ccc(-c4ccccc4)cc3c3cc(-c4ccccc4)ccc32)cc1-c1cc(-c2c(C)cccc2C(F)(F)F)ccc1-n1c2ccc(-c3ccccc3)cc2c2cc(-c3ccccc3)ccc21.[C-]#[N+]c1ccc(-n2c3ccccc3c3cc(-c4ccccc4)ccc32)cc1-c1cc(-c2c(C)cccc2C(F)(F)F)ccc1-n1c2ccccc2c2cc(-c3ccccc3)ccc21. The van der Waals surface area contributed by atoms with Gasteiger partial charge in [0.1, 0.15) is 0 Å². The molecule has 12 heteroatoms. The summed E-state index contributed by atoms with van der Waals surface area (Å²) < 4.78 is 98.5. The van der Waals surface area contributed by atoms with Crippen LogP contribution in [0.2, 0.25) is 0 Å². The van der Waals surface area contributed by atoms with Crippen LogP contribution in [0.25, 0.3) is 231 Å². The summed E-state index contributed by atoms with van der Waals surface area (Å²) >= 11 is 0. The molecule has 0 aliphatic rings. The highest BCUT2D eigenvalue weighted by molar-refractivity contribution is 6.16. The van der Waals surface area contributed by atoms with E-state index in [0.717, 1.165) is 189 Å². The van der Waals surface area contributed by atoms with Crippen LogP contribution in [0.4, 0.5) is 37.7 Å². The molecule has 4 aromatic heterocycles. The van der Waals surface area contributed by atoms with E-state index in [9.17, 15) is 13.2 Å². The summed E-state index contributed by atoms with van der Waals surface area (Å²) in [5, 5.41) is 8.43. The first kappa shape index (κ1) is 84.4. The molecule has 24 rings (SSSR count). The third kappa shape index (κ3) is 14.9. The molecule has 0 unspecified atom stereocenters. The average Bonchev–Trinajstić information content (AvgIpc) is 1.71. The number of para-hydroxylation sites is 2. The number of fused-ring (bicyclic) bond motifs is 12. The molecular formula is C126H80F6N6. The van der Waals surface area contributed by atoms with E-state index in [4.69, 9.17) is 13.1 Å². The van der Waals surface area contributed by atoms with Crippen LogP contribution in [-0.4, -0.2) is 18.3 Å². The number of nitrogens with zero attached hydrogens (tertiary/aromatic N) is 6. The van der Waals surface area contributed by atoms with E-state index in [-0.39, 0.29) is 11.1 Å². The zero-order valence-corrected chi connectivity index (χ0v) is 74.7. The van der Waals surface area contributed by atoms with E-state index >= 15 is 13.2 Å². The van der Waals surface area contributed by atoms with Crippen molar-refractivity contribution in [3.8, 4) is 134 Å². The van der Waals surface area contributed by atoms with E-state index in [2.05, 4.69) is 234 Å². The normalized spacial score (nSPS) is 11.8. The second-order valence-electron chi connectivity index (χ2n) is 35.0.